The Morgan fingerprint density at radius 3 is 2.62 bits per heavy atom. The van der Waals surface area contributed by atoms with Gasteiger partial charge in [-0.15, -0.1) is 0 Å². The predicted octanol–water partition coefficient (Wildman–Crippen LogP) is 2.67. The minimum Gasteiger partial charge on any atom is -0.304 e. The summed E-state index contributed by atoms with van der Waals surface area (Å²) in [5, 5.41) is 7.08. The van der Waals surface area contributed by atoms with Gasteiger partial charge < -0.3 is 4.57 Å². The van der Waals surface area contributed by atoms with Crippen LogP contribution in [0.25, 0.3) is 0 Å². The van der Waals surface area contributed by atoms with Gasteiger partial charge in [0.2, 0.25) is 10.0 Å². The van der Waals surface area contributed by atoms with Crippen molar-refractivity contribution in [1.82, 2.24) is 19.1 Å². The van der Waals surface area contributed by atoms with Crippen molar-refractivity contribution >= 4 is 22.2 Å². The largest absolute Gasteiger partial charge is 0.304 e. The number of nitrogens with one attached hydrogen (secondary N) is 1. The number of aromatic amines is 1. The molecule has 24 heavy (non-hydrogen) atoms. The summed E-state index contributed by atoms with van der Waals surface area (Å²) in [6.45, 7) is 3.39. The molecule has 130 valence electrons. The first-order chi connectivity index (χ1) is 11.4. The van der Waals surface area contributed by atoms with Gasteiger partial charge in [-0.3, -0.25) is 5.10 Å². The summed E-state index contributed by atoms with van der Waals surface area (Å²) in [7, 11) is -3.81. The Bertz CT molecular complexity index is 883. The Labute approximate surface area is 145 Å². The Morgan fingerprint density at radius 1 is 1.33 bits per heavy atom. The van der Waals surface area contributed by atoms with Crippen LogP contribution in [-0.2, 0) is 16.6 Å². The minimum absolute atomic E-state index is 0.143. The van der Waals surface area contributed by atoms with Gasteiger partial charge in [0.25, 0.3) is 0 Å². The molecule has 1 aliphatic rings. The van der Waals surface area contributed by atoms with E-state index in [2.05, 4.69) is 10.2 Å². The number of hydrogen-bond acceptors (Lipinski definition) is 4. The molecule has 0 spiro atoms. The van der Waals surface area contributed by atoms with Gasteiger partial charge in [-0.05, 0) is 44.1 Å². The summed E-state index contributed by atoms with van der Waals surface area (Å²) < 4.78 is 42.9. The van der Waals surface area contributed by atoms with E-state index in [1.165, 1.54) is 28.6 Å². The molecule has 2 heterocycles. The molecule has 1 aliphatic heterocycles. The number of benzene rings is 1. The number of hydrogen-bond donors (Lipinski definition) is 1. The highest BCUT2D eigenvalue weighted by Crippen LogP contribution is 2.30. The van der Waals surface area contributed by atoms with Crippen molar-refractivity contribution in [3.63, 3.8) is 0 Å². The lowest BCUT2D eigenvalue weighted by Crippen LogP contribution is -2.38. The Morgan fingerprint density at radius 2 is 2.00 bits per heavy atom. The van der Waals surface area contributed by atoms with Gasteiger partial charge >= 0.3 is 0 Å². The van der Waals surface area contributed by atoms with E-state index in [9.17, 15) is 12.8 Å². The van der Waals surface area contributed by atoms with Crippen LogP contribution in [-0.4, -0.2) is 40.6 Å². The average Bonchev–Trinajstić information content (AvgIpc) is 2.96. The van der Waals surface area contributed by atoms with Crippen LogP contribution >= 0.6 is 12.2 Å². The number of rotatable bonds is 4. The molecule has 6 nitrogen and oxygen atoms in total. The second kappa shape index (κ2) is 6.73. The zero-order chi connectivity index (χ0) is 17.3. The van der Waals surface area contributed by atoms with Crippen molar-refractivity contribution in [2.75, 3.05) is 13.1 Å². The summed E-state index contributed by atoms with van der Waals surface area (Å²) in [4.78, 5) is -0.264. The van der Waals surface area contributed by atoms with E-state index in [4.69, 9.17) is 12.2 Å². The molecule has 1 saturated heterocycles. The fourth-order valence-electron chi connectivity index (χ4n) is 3.09. The Kier molecular flexibility index (Phi) is 4.84. The van der Waals surface area contributed by atoms with Crippen LogP contribution in [0.2, 0.25) is 0 Å². The lowest BCUT2D eigenvalue weighted by molar-refractivity contribution is 0.308. The third kappa shape index (κ3) is 3.03. The molecule has 0 bridgehead atoms. The summed E-state index contributed by atoms with van der Waals surface area (Å²) in [6.07, 6.45) is 1.26. The van der Waals surface area contributed by atoms with E-state index in [1.54, 1.807) is 0 Å². The summed E-state index contributed by atoms with van der Waals surface area (Å²) in [5.74, 6) is 0.293. The first kappa shape index (κ1) is 17.2. The lowest BCUT2D eigenvalue weighted by atomic mass is 9.97. The van der Waals surface area contributed by atoms with Crippen LogP contribution in [0.15, 0.2) is 29.2 Å². The molecule has 0 amide bonds. The van der Waals surface area contributed by atoms with Gasteiger partial charge in [0.05, 0.1) is 0 Å². The van der Waals surface area contributed by atoms with E-state index in [1.807, 2.05) is 11.5 Å². The van der Waals surface area contributed by atoms with Crippen LogP contribution in [0.1, 0.15) is 31.5 Å². The smallest absolute Gasteiger partial charge is 0.245 e. The standard InChI is InChI=1S/C15H19FN4O2S2/c1-2-20-14(17-18-15(20)23)11-7-9-19(10-8-11)24(21,22)13-6-4-3-5-12(13)16/h3-6,11H,2,7-10H2,1H3,(H,18,23). The van der Waals surface area contributed by atoms with E-state index in [-0.39, 0.29) is 10.8 Å². The number of halogens is 1. The average molecular weight is 370 g/mol. The fourth-order valence-corrected chi connectivity index (χ4v) is 4.90. The highest BCUT2D eigenvalue weighted by atomic mass is 32.2. The van der Waals surface area contributed by atoms with Gasteiger partial charge in [0, 0.05) is 25.6 Å². The monoisotopic (exact) mass is 370 g/mol. The molecule has 2 aromatic rings. The molecule has 0 aliphatic carbocycles. The van der Waals surface area contributed by atoms with Crippen molar-refractivity contribution in [3.05, 3.63) is 40.7 Å². The predicted molar refractivity (Wildman–Crippen MR) is 90.2 cm³/mol. The van der Waals surface area contributed by atoms with E-state index >= 15 is 0 Å². The molecule has 0 saturated carbocycles. The summed E-state index contributed by atoms with van der Waals surface area (Å²) >= 11 is 5.20. The van der Waals surface area contributed by atoms with Crippen molar-refractivity contribution < 1.29 is 12.8 Å². The number of piperidine rings is 1. The molecule has 9 heteroatoms. The molecular weight excluding hydrogens is 351 g/mol. The highest BCUT2D eigenvalue weighted by molar-refractivity contribution is 7.89. The second-order valence-corrected chi connectivity index (χ2v) is 8.03. The van der Waals surface area contributed by atoms with Crippen molar-refractivity contribution in [2.24, 2.45) is 0 Å². The zero-order valence-electron chi connectivity index (χ0n) is 13.3. The van der Waals surface area contributed by atoms with Crippen molar-refractivity contribution in [2.45, 2.75) is 37.1 Å². The SMILES string of the molecule is CCn1c(C2CCN(S(=O)(=O)c3ccccc3F)CC2)n[nH]c1=S. The third-order valence-corrected chi connectivity index (χ3v) is 6.62. The first-order valence-electron chi connectivity index (χ1n) is 7.85. The third-order valence-electron chi connectivity index (χ3n) is 4.38. The van der Waals surface area contributed by atoms with Crippen molar-refractivity contribution in [3.8, 4) is 0 Å². The maximum absolute atomic E-state index is 13.8. The molecule has 1 aromatic heterocycles. The van der Waals surface area contributed by atoms with Crippen LogP contribution in [0.3, 0.4) is 0 Å². The number of H-pyrrole nitrogens is 1. The first-order valence-corrected chi connectivity index (χ1v) is 9.69. The number of aromatic nitrogens is 3. The second-order valence-electron chi connectivity index (χ2n) is 5.74. The van der Waals surface area contributed by atoms with E-state index < -0.39 is 15.8 Å². The van der Waals surface area contributed by atoms with Gasteiger partial charge in [-0.25, -0.2) is 12.8 Å². The minimum atomic E-state index is -3.81. The zero-order valence-corrected chi connectivity index (χ0v) is 14.9. The Balaban J connectivity index is 1.78. The normalized spacial score (nSPS) is 17.2. The molecule has 0 atom stereocenters. The van der Waals surface area contributed by atoms with Gasteiger partial charge in [0.1, 0.15) is 16.5 Å². The topological polar surface area (TPSA) is 71.0 Å². The highest BCUT2D eigenvalue weighted by Gasteiger charge is 2.33. The van der Waals surface area contributed by atoms with E-state index in [0.29, 0.717) is 30.7 Å². The van der Waals surface area contributed by atoms with Crippen LogP contribution in [0.5, 0.6) is 0 Å². The molecule has 1 aromatic carbocycles. The van der Waals surface area contributed by atoms with Crippen LogP contribution < -0.4 is 0 Å². The molecule has 0 radical (unpaired) electrons. The Hall–Kier alpha value is -1.58. The molecule has 3 rings (SSSR count). The number of sulfonamides is 1. The van der Waals surface area contributed by atoms with Crippen LogP contribution in [0.4, 0.5) is 4.39 Å². The maximum Gasteiger partial charge on any atom is 0.245 e. The van der Waals surface area contributed by atoms with Crippen LogP contribution in [0, 0.1) is 10.6 Å². The van der Waals surface area contributed by atoms with Gasteiger partial charge in [-0.1, -0.05) is 12.1 Å². The summed E-state index contributed by atoms with van der Waals surface area (Å²) in [6, 6.07) is 5.48. The fraction of sp³-hybridized carbons (Fsp3) is 0.467. The maximum atomic E-state index is 13.8. The number of nitrogens with zero attached hydrogens (tertiary/aromatic N) is 3. The molecule has 0 unspecified atom stereocenters. The van der Waals surface area contributed by atoms with Gasteiger partial charge in [-0.2, -0.15) is 9.40 Å². The van der Waals surface area contributed by atoms with Gasteiger partial charge in [0.15, 0.2) is 4.77 Å². The van der Waals surface area contributed by atoms with E-state index in [0.717, 1.165) is 12.4 Å². The lowest BCUT2D eigenvalue weighted by Gasteiger charge is -2.30. The summed E-state index contributed by atoms with van der Waals surface area (Å²) in [5.41, 5.74) is 0. The molecule has 1 fully saturated rings. The molecule has 1 N–H and O–H groups in total. The quantitative estimate of drug-likeness (QED) is 0.840. The van der Waals surface area contributed by atoms with Crippen molar-refractivity contribution in [1.29, 1.82) is 0 Å². The molecular formula is C15H19FN4O2S2.